The first kappa shape index (κ1) is 15.0. The zero-order valence-corrected chi connectivity index (χ0v) is 12.7. The van der Waals surface area contributed by atoms with Crippen LogP contribution in [0.4, 0.5) is 0 Å². The van der Waals surface area contributed by atoms with E-state index in [9.17, 15) is 0 Å². The summed E-state index contributed by atoms with van der Waals surface area (Å²) in [6.45, 7) is 5.94. The zero-order valence-electron chi connectivity index (χ0n) is 12.7. The summed E-state index contributed by atoms with van der Waals surface area (Å²) in [5.41, 5.74) is 3.82. The van der Waals surface area contributed by atoms with Crippen LogP contribution in [0.15, 0.2) is 71.9 Å². The Hall–Kier alpha value is -2.35. The maximum Gasteiger partial charge on any atom is 0.0633 e. The van der Waals surface area contributed by atoms with Gasteiger partial charge in [-0.15, -0.1) is 0 Å². The van der Waals surface area contributed by atoms with Crippen molar-refractivity contribution in [3.63, 3.8) is 0 Å². The Morgan fingerprint density at radius 2 is 1.33 bits per heavy atom. The van der Waals surface area contributed by atoms with Crippen molar-refractivity contribution in [1.29, 1.82) is 0 Å². The molecule has 21 heavy (non-hydrogen) atoms. The van der Waals surface area contributed by atoms with Crippen molar-refractivity contribution in [2.24, 2.45) is 10.6 Å². The van der Waals surface area contributed by atoms with Gasteiger partial charge < -0.3 is 5.21 Å². The Kier molecular flexibility index (Phi) is 4.59. The van der Waals surface area contributed by atoms with Crippen molar-refractivity contribution in [3.8, 4) is 0 Å². The van der Waals surface area contributed by atoms with E-state index in [-0.39, 0.29) is 5.41 Å². The van der Waals surface area contributed by atoms with E-state index in [1.165, 1.54) is 0 Å². The third-order valence-corrected chi connectivity index (χ3v) is 3.76. The van der Waals surface area contributed by atoms with Crippen LogP contribution in [0.25, 0.3) is 5.57 Å². The summed E-state index contributed by atoms with van der Waals surface area (Å²) in [5.74, 6) is 0. The molecule has 0 aliphatic carbocycles. The van der Waals surface area contributed by atoms with E-state index in [0.29, 0.717) is 5.71 Å². The highest BCUT2D eigenvalue weighted by molar-refractivity contribution is 5.92. The first-order valence-electron chi connectivity index (χ1n) is 7.07. The Bertz CT molecular complexity index is 598. The van der Waals surface area contributed by atoms with Crippen molar-refractivity contribution < 1.29 is 5.21 Å². The summed E-state index contributed by atoms with van der Waals surface area (Å²) in [6.07, 6.45) is 2.16. The van der Waals surface area contributed by atoms with Crippen molar-refractivity contribution in [2.75, 3.05) is 0 Å². The number of hydrogen-bond donors (Lipinski definition) is 1. The van der Waals surface area contributed by atoms with Crippen LogP contribution < -0.4 is 0 Å². The van der Waals surface area contributed by atoms with Gasteiger partial charge in [0.15, 0.2) is 0 Å². The maximum atomic E-state index is 9.08. The molecule has 0 heterocycles. The average molecular weight is 279 g/mol. The maximum absolute atomic E-state index is 9.08. The molecule has 2 heteroatoms. The molecule has 0 amide bonds. The summed E-state index contributed by atoms with van der Waals surface area (Å²) >= 11 is 0. The first-order valence-corrected chi connectivity index (χ1v) is 7.07. The fourth-order valence-electron chi connectivity index (χ4n) is 2.16. The number of allylic oxidation sites excluding steroid dienone is 1. The van der Waals surface area contributed by atoms with Crippen LogP contribution in [0.5, 0.6) is 0 Å². The highest BCUT2D eigenvalue weighted by Crippen LogP contribution is 2.30. The second kappa shape index (κ2) is 6.40. The summed E-state index contributed by atoms with van der Waals surface area (Å²) in [4.78, 5) is 0. The molecule has 0 unspecified atom stereocenters. The van der Waals surface area contributed by atoms with Gasteiger partial charge in [0.2, 0.25) is 0 Å². The molecule has 0 bridgehead atoms. The summed E-state index contributed by atoms with van der Waals surface area (Å²) in [5, 5.41) is 12.5. The minimum atomic E-state index is -0.324. The van der Waals surface area contributed by atoms with Crippen molar-refractivity contribution >= 4 is 11.3 Å². The third-order valence-electron chi connectivity index (χ3n) is 3.76. The van der Waals surface area contributed by atoms with Crippen molar-refractivity contribution in [1.82, 2.24) is 0 Å². The minimum Gasteiger partial charge on any atom is -0.411 e. The molecule has 0 aliphatic heterocycles. The van der Waals surface area contributed by atoms with E-state index in [1.807, 2.05) is 57.2 Å². The summed E-state index contributed by atoms with van der Waals surface area (Å²) < 4.78 is 0. The minimum absolute atomic E-state index is 0.324. The molecular formula is C19H21NO. The highest BCUT2D eigenvalue weighted by atomic mass is 16.4. The lowest BCUT2D eigenvalue weighted by molar-refractivity contribution is 0.312. The highest BCUT2D eigenvalue weighted by Gasteiger charge is 2.21. The molecule has 0 saturated carbocycles. The van der Waals surface area contributed by atoms with Crippen LogP contribution in [-0.2, 0) is 0 Å². The molecule has 2 nitrogen and oxygen atoms in total. The first-order chi connectivity index (χ1) is 10.0. The van der Waals surface area contributed by atoms with Gasteiger partial charge in [-0.05, 0) is 23.6 Å². The molecule has 0 aliphatic rings. The lowest BCUT2D eigenvalue weighted by Gasteiger charge is -2.22. The molecule has 0 fully saturated rings. The molecule has 0 spiro atoms. The number of nitrogens with zero attached hydrogens (tertiary/aromatic N) is 1. The van der Waals surface area contributed by atoms with Gasteiger partial charge in [0, 0.05) is 5.41 Å². The number of oxime groups is 1. The lowest BCUT2D eigenvalue weighted by atomic mass is 9.83. The molecule has 108 valence electrons. The van der Waals surface area contributed by atoms with Gasteiger partial charge in [0.05, 0.1) is 5.71 Å². The van der Waals surface area contributed by atoms with Gasteiger partial charge in [0.25, 0.3) is 0 Å². The van der Waals surface area contributed by atoms with Gasteiger partial charge in [-0.25, -0.2) is 0 Å². The van der Waals surface area contributed by atoms with E-state index < -0.39 is 0 Å². The number of rotatable bonds is 4. The molecular weight excluding hydrogens is 258 g/mol. The van der Waals surface area contributed by atoms with Crippen LogP contribution in [0.3, 0.4) is 0 Å². The normalized spacial score (nSPS) is 12.0. The Morgan fingerprint density at radius 1 is 0.905 bits per heavy atom. The largest absolute Gasteiger partial charge is 0.411 e. The average Bonchev–Trinajstić information content (AvgIpc) is 2.53. The predicted molar refractivity (Wildman–Crippen MR) is 88.6 cm³/mol. The van der Waals surface area contributed by atoms with Crippen molar-refractivity contribution in [2.45, 2.75) is 20.8 Å². The van der Waals surface area contributed by atoms with E-state index in [1.54, 1.807) is 0 Å². The van der Waals surface area contributed by atoms with E-state index >= 15 is 0 Å². The fraction of sp³-hybridized carbons (Fsp3) is 0.211. The molecule has 2 aromatic rings. The third kappa shape index (κ3) is 3.60. The predicted octanol–water partition coefficient (Wildman–Crippen LogP) is 4.99. The quantitative estimate of drug-likeness (QED) is 0.477. The van der Waals surface area contributed by atoms with Crippen LogP contribution in [-0.4, -0.2) is 10.9 Å². The van der Waals surface area contributed by atoms with Gasteiger partial charge in [-0.2, -0.15) is 0 Å². The van der Waals surface area contributed by atoms with E-state index in [2.05, 4.69) is 35.5 Å². The van der Waals surface area contributed by atoms with Crippen LogP contribution >= 0.6 is 0 Å². The van der Waals surface area contributed by atoms with Crippen LogP contribution in [0.1, 0.15) is 31.9 Å². The van der Waals surface area contributed by atoms with Gasteiger partial charge in [0.1, 0.15) is 0 Å². The van der Waals surface area contributed by atoms with Crippen molar-refractivity contribution in [3.05, 3.63) is 77.9 Å². The SMILES string of the molecule is C/C(=N\O)C(C)(C)C=C(c1ccccc1)c1ccccc1. The Labute approximate surface area is 126 Å². The number of benzene rings is 2. The standard InChI is InChI=1S/C19H21NO/c1-15(20-21)19(2,3)14-18(16-10-6-4-7-11-16)17-12-8-5-9-13-17/h4-14,21H,1-3H3/b20-15+. The van der Waals surface area contributed by atoms with Crippen LogP contribution in [0, 0.1) is 5.41 Å². The molecule has 2 rings (SSSR count). The van der Waals surface area contributed by atoms with E-state index in [0.717, 1.165) is 16.7 Å². The lowest BCUT2D eigenvalue weighted by Crippen LogP contribution is -2.19. The summed E-state index contributed by atoms with van der Waals surface area (Å²) in [6, 6.07) is 20.5. The molecule has 1 N–H and O–H groups in total. The Morgan fingerprint density at radius 3 is 1.71 bits per heavy atom. The van der Waals surface area contributed by atoms with Gasteiger partial charge in [-0.1, -0.05) is 85.7 Å². The van der Waals surface area contributed by atoms with Gasteiger partial charge in [-0.3, -0.25) is 0 Å². The Balaban J connectivity index is 2.58. The molecule has 0 saturated heterocycles. The van der Waals surface area contributed by atoms with E-state index in [4.69, 9.17) is 5.21 Å². The molecule has 0 aromatic heterocycles. The van der Waals surface area contributed by atoms with Gasteiger partial charge >= 0.3 is 0 Å². The zero-order chi connectivity index (χ0) is 15.3. The topological polar surface area (TPSA) is 32.6 Å². The molecule has 2 aromatic carbocycles. The summed E-state index contributed by atoms with van der Waals surface area (Å²) in [7, 11) is 0. The molecule has 0 atom stereocenters. The monoisotopic (exact) mass is 279 g/mol. The second-order valence-corrected chi connectivity index (χ2v) is 5.70. The smallest absolute Gasteiger partial charge is 0.0633 e. The second-order valence-electron chi connectivity index (χ2n) is 5.70. The fourth-order valence-corrected chi connectivity index (χ4v) is 2.16. The number of hydrogen-bond acceptors (Lipinski definition) is 2. The van der Waals surface area contributed by atoms with Crippen LogP contribution in [0.2, 0.25) is 0 Å². The molecule has 0 radical (unpaired) electrons.